The monoisotopic (exact) mass is 261 g/mol. The average molecular weight is 261 g/mol. The highest BCUT2D eigenvalue weighted by Crippen LogP contribution is 2.23. The Morgan fingerprint density at radius 2 is 1.78 bits per heavy atom. The summed E-state index contributed by atoms with van der Waals surface area (Å²) >= 11 is 0. The van der Waals surface area contributed by atoms with Crippen molar-refractivity contribution >= 4 is 5.97 Å². The zero-order chi connectivity index (χ0) is 13.5. The number of carbonyl (C=O) groups is 1. The molecule has 0 aromatic heterocycles. The number of carbonyl (C=O) groups excluding carboxylic acids is 1. The van der Waals surface area contributed by atoms with Crippen LogP contribution in [0.4, 0.5) is 0 Å². The molecule has 4 nitrogen and oxygen atoms in total. The molecule has 0 saturated carbocycles. The van der Waals surface area contributed by atoms with E-state index >= 15 is 0 Å². The van der Waals surface area contributed by atoms with Gasteiger partial charge in [-0.15, -0.1) is 0 Å². The molecule has 0 bridgehead atoms. The third kappa shape index (κ3) is 11.9. The molecule has 2 atom stereocenters. The minimum atomic E-state index is -1.03. The molecule has 0 heterocycles. The van der Waals surface area contributed by atoms with Crippen LogP contribution in [0.3, 0.4) is 0 Å². The second-order valence-corrected chi connectivity index (χ2v) is 6.26. The van der Waals surface area contributed by atoms with Gasteiger partial charge < -0.3 is 21.2 Å². The molecule has 0 spiro atoms. The van der Waals surface area contributed by atoms with Crippen molar-refractivity contribution in [2.75, 3.05) is 0 Å². The van der Waals surface area contributed by atoms with Gasteiger partial charge in [0, 0.05) is 11.9 Å². The van der Waals surface area contributed by atoms with Crippen molar-refractivity contribution in [2.45, 2.75) is 72.3 Å². The number of hydrogen-bond donors (Lipinski definition) is 2. The maximum absolute atomic E-state index is 10.8. The molecule has 0 fully saturated rings. The molecule has 0 aliphatic rings. The van der Waals surface area contributed by atoms with Crippen molar-refractivity contribution < 1.29 is 15.0 Å². The maximum Gasteiger partial charge on any atom is 0.0518 e. The van der Waals surface area contributed by atoms with E-state index in [0.29, 0.717) is 18.3 Å². The van der Waals surface area contributed by atoms with E-state index in [9.17, 15) is 15.0 Å². The van der Waals surface area contributed by atoms with E-state index in [1.807, 2.05) is 0 Å². The van der Waals surface area contributed by atoms with Crippen LogP contribution in [-0.4, -0.2) is 17.2 Å². The number of quaternary nitrogens is 1. The second-order valence-electron chi connectivity index (χ2n) is 6.26. The van der Waals surface area contributed by atoms with Crippen molar-refractivity contribution in [3.05, 3.63) is 0 Å². The first kappa shape index (κ1) is 19.7. The zero-order valence-electron chi connectivity index (χ0n) is 12.7. The maximum atomic E-state index is 10.8. The number of aliphatic hydroxyl groups is 1. The summed E-state index contributed by atoms with van der Waals surface area (Å²) in [5.74, 6) is -1.52. The van der Waals surface area contributed by atoms with Crippen LogP contribution in [0.15, 0.2) is 0 Å². The first-order valence-corrected chi connectivity index (χ1v) is 6.61. The standard InChI is InChI=1S/C14H28O3.H3N/c1-11(15)10-12(13(16)17)8-6-5-7-9-14(2,3)4;/h11-12,15H,5-10H2,1-4H3,(H,16,17);1H3. The molecule has 0 aliphatic carbocycles. The molecular weight excluding hydrogens is 230 g/mol. The molecule has 2 unspecified atom stereocenters. The predicted molar refractivity (Wildman–Crippen MR) is 73.3 cm³/mol. The van der Waals surface area contributed by atoms with Gasteiger partial charge in [0.05, 0.1) is 6.10 Å². The minimum Gasteiger partial charge on any atom is -0.550 e. The average Bonchev–Trinajstić information content (AvgIpc) is 2.12. The van der Waals surface area contributed by atoms with Gasteiger partial charge in [-0.1, -0.05) is 40.0 Å². The second kappa shape index (κ2) is 9.34. The first-order valence-electron chi connectivity index (χ1n) is 6.61. The lowest BCUT2D eigenvalue weighted by molar-refractivity contribution is -0.312. The Morgan fingerprint density at radius 1 is 1.22 bits per heavy atom. The molecule has 0 aromatic rings. The summed E-state index contributed by atoms with van der Waals surface area (Å²) in [6.45, 7) is 8.26. The fraction of sp³-hybridized carbons (Fsp3) is 0.929. The highest BCUT2D eigenvalue weighted by atomic mass is 16.4. The van der Waals surface area contributed by atoms with E-state index in [4.69, 9.17) is 0 Å². The van der Waals surface area contributed by atoms with Crippen molar-refractivity contribution in [3.8, 4) is 0 Å². The van der Waals surface area contributed by atoms with Crippen LogP contribution in [-0.2, 0) is 4.79 Å². The van der Waals surface area contributed by atoms with Gasteiger partial charge in [0.25, 0.3) is 0 Å². The molecule has 4 heteroatoms. The summed E-state index contributed by atoms with van der Waals surface area (Å²) < 4.78 is 0. The molecule has 18 heavy (non-hydrogen) atoms. The van der Waals surface area contributed by atoms with Crippen LogP contribution in [0.5, 0.6) is 0 Å². The fourth-order valence-corrected chi connectivity index (χ4v) is 1.97. The van der Waals surface area contributed by atoms with Crippen molar-refractivity contribution in [1.29, 1.82) is 0 Å². The van der Waals surface area contributed by atoms with Gasteiger partial charge in [-0.3, -0.25) is 0 Å². The highest BCUT2D eigenvalue weighted by Gasteiger charge is 2.13. The van der Waals surface area contributed by atoms with E-state index in [1.165, 1.54) is 6.42 Å². The molecule has 0 rings (SSSR count). The Labute approximate surface area is 111 Å². The van der Waals surface area contributed by atoms with Crippen LogP contribution < -0.4 is 11.3 Å². The van der Waals surface area contributed by atoms with E-state index in [1.54, 1.807) is 6.92 Å². The van der Waals surface area contributed by atoms with Crippen molar-refractivity contribution in [2.24, 2.45) is 11.3 Å². The summed E-state index contributed by atoms with van der Waals surface area (Å²) in [6.07, 6.45) is 4.63. The number of carboxylic acid groups (broad SMARTS) is 1. The quantitative estimate of drug-likeness (QED) is 0.657. The lowest BCUT2D eigenvalue weighted by Crippen LogP contribution is -2.33. The fourth-order valence-electron chi connectivity index (χ4n) is 1.97. The Bertz CT molecular complexity index is 222. The van der Waals surface area contributed by atoms with Gasteiger partial charge in [0.15, 0.2) is 0 Å². The van der Waals surface area contributed by atoms with Crippen molar-refractivity contribution in [3.63, 3.8) is 0 Å². The summed E-state index contributed by atoms with van der Waals surface area (Å²) in [5, 5.41) is 20.0. The number of hydrogen-bond acceptors (Lipinski definition) is 3. The number of rotatable bonds is 8. The molecule has 0 aromatic carbocycles. The smallest absolute Gasteiger partial charge is 0.0518 e. The Morgan fingerprint density at radius 3 is 2.17 bits per heavy atom. The molecule has 0 amide bonds. The van der Waals surface area contributed by atoms with E-state index < -0.39 is 18.0 Å². The van der Waals surface area contributed by atoms with Crippen LogP contribution in [0.1, 0.15) is 66.2 Å². The van der Waals surface area contributed by atoms with E-state index in [0.717, 1.165) is 19.3 Å². The highest BCUT2D eigenvalue weighted by molar-refractivity contribution is 5.67. The topological polar surface area (TPSA) is 96.9 Å². The molecule has 0 aliphatic heterocycles. The first-order chi connectivity index (χ1) is 7.72. The van der Waals surface area contributed by atoms with Crippen LogP contribution in [0, 0.1) is 11.3 Å². The number of unbranched alkanes of at least 4 members (excludes halogenated alkanes) is 2. The van der Waals surface area contributed by atoms with Crippen LogP contribution in [0.2, 0.25) is 0 Å². The molecule has 0 saturated heterocycles. The summed E-state index contributed by atoms with van der Waals surface area (Å²) in [7, 11) is 0. The Hall–Kier alpha value is -0.610. The van der Waals surface area contributed by atoms with Gasteiger partial charge in [0.1, 0.15) is 0 Å². The Balaban J connectivity index is 0. The summed E-state index contributed by atoms with van der Waals surface area (Å²) in [4.78, 5) is 10.8. The lowest BCUT2D eigenvalue weighted by Gasteiger charge is -2.20. The number of aliphatic carboxylic acids is 1. The van der Waals surface area contributed by atoms with Gasteiger partial charge in [-0.25, -0.2) is 0 Å². The number of aliphatic hydroxyl groups excluding tert-OH is 1. The molecule has 0 radical (unpaired) electrons. The van der Waals surface area contributed by atoms with Gasteiger partial charge in [-0.2, -0.15) is 0 Å². The van der Waals surface area contributed by atoms with Gasteiger partial charge in [-0.05, 0) is 31.6 Å². The minimum absolute atomic E-state index is 0. The molecule has 110 valence electrons. The molecular formula is C14H31NO3. The SMILES string of the molecule is CC(O)CC(CCCCCC(C)(C)C)C(=O)[O-].[NH4+]. The Kier molecular flexibility index (Phi) is 10.2. The third-order valence-electron chi connectivity index (χ3n) is 2.94. The number of carboxylic acids is 1. The van der Waals surface area contributed by atoms with Crippen molar-refractivity contribution in [1.82, 2.24) is 6.15 Å². The normalized spacial score (nSPS) is 14.7. The van der Waals surface area contributed by atoms with Crippen LogP contribution >= 0.6 is 0 Å². The van der Waals surface area contributed by atoms with Gasteiger partial charge >= 0.3 is 0 Å². The largest absolute Gasteiger partial charge is 0.550 e. The van der Waals surface area contributed by atoms with Gasteiger partial charge in [0.2, 0.25) is 0 Å². The van der Waals surface area contributed by atoms with E-state index in [-0.39, 0.29) is 6.15 Å². The third-order valence-corrected chi connectivity index (χ3v) is 2.94. The molecule has 5 N–H and O–H groups in total. The summed E-state index contributed by atoms with van der Waals surface area (Å²) in [5.41, 5.74) is 0.355. The summed E-state index contributed by atoms with van der Waals surface area (Å²) in [6, 6.07) is 0. The van der Waals surface area contributed by atoms with Crippen LogP contribution in [0.25, 0.3) is 0 Å². The predicted octanol–water partition coefficient (Wildman–Crippen LogP) is 2.50. The zero-order valence-corrected chi connectivity index (χ0v) is 12.7. The lowest BCUT2D eigenvalue weighted by atomic mass is 9.88. The van der Waals surface area contributed by atoms with E-state index in [2.05, 4.69) is 20.8 Å².